The third-order valence-electron chi connectivity index (χ3n) is 1.99. The van der Waals surface area contributed by atoms with Crippen molar-refractivity contribution in [2.45, 2.75) is 24.6 Å². The number of rotatable bonds is 1. The van der Waals surface area contributed by atoms with Crippen molar-refractivity contribution in [2.75, 3.05) is 0 Å². The highest BCUT2D eigenvalue weighted by Crippen LogP contribution is 2.16. The predicted molar refractivity (Wildman–Crippen MR) is 42.3 cm³/mol. The van der Waals surface area contributed by atoms with Crippen LogP contribution in [0.25, 0.3) is 0 Å². The zero-order valence-corrected chi connectivity index (χ0v) is 6.47. The first kappa shape index (κ1) is 9.18. The highest BCUT2D eigenvalue weighted by molar-refractivity contribution is 5.87. The van der Waals surface area contributed by atoms with Crippen LogP contribution in [-0.4, -0.2) is 34.4 Å². The van der Waals surface area contributed by atoms with Crippen molar-refractivity contribution < 1.29 is 15.0 Å². The van der Waals surface area contributed by atoms with Crippen molar-refractivity contribution in [2.24, 2.45) is 11.5 Å². The SMILES string of the molecule is N[C@H]1[C@H](O)C=C(C(=O)O)C[C@@H]1N. The molecule has 12 heavy (non-hydrogen) atoms. The molecule has 0 fully saturated rings. The molecule has 0 heterocycles. The maximum absolute atomic E-state index is 10.5. The molecular weight excluding hydrogens is 160 g/mol. The van der Waals surface area contributed by atoms with Gasteiger partial charge in [-0.05, 0) is 12.5 Å². The number of nitrogens with two attached hydrogens (primary N) is 2. The van der Waals surface area contributed by atoms with E-state index in [0.717, 1.165) is 0 Å². The van der Waals surface area contributed by atoms with Crippen LogP contribution in [0.15, 0.2) is 11.6 Å². The number of hydrogen-bond acceptors (Lipinski definition) is 4. The molecule has 5 heteroatoms. The summed E-state index contributed by atoms with van der Waals surface area (Å²) in [6, 6.07) is -1.04. The molecule has 0 aliphatic heterocycles. The highest BCUT2D eigenvalue weighted by atomic mass is 16.4. The van der Waals surface area contributed by atoms with E-state index >= 15 is 0 Å². The van der Waals surface area contributed by atoms with Crippen molar-refractivity contribution in [3.63, 3.8) is 0 Å². The van der Waals surface area contributed by atoms with E-state index in [0.29, 0.717) is 0 Å². The van der Waals surface area contributed by atoms with Crippen molar-refractivity contribution >= 4 is 5.97 Å². The van der Waals surface area contributed by atoms with E-state index in [2.05, 4.69) is 0 Å². The summed E-state index contributed by atoms with van der Waals surface area (Å²) < 4.78 is 0. The first-order chi connectivity index (χ1) is 5.52. The molecule has 1 aliphatic carbocycles. The van der Waals surface area contributed by atoms with Crippen LogP contribution in [0, 0.1) is 0 Å². The Hall–Kier alpha value is -0.910. The number of hydrogen-bond donors (Lipinski definition) is 4. The van der Waals surface area contributed by atoms with Gasteiger partial charge in [-0.1, -0.05) is 0 Å². The molecule has 68 valence electrons. The summed E-state index contributed by atoms with van der Waals surface area (Å²) in [5.74, 6) is -1.04. The van der Waals surface area contributed by atoms with Crippen LogP contribution in [0.2, 0.25) is 0 Å². The molecule has 0 bridgehead atoms. The molecule has 0 unspecified atom stereocenters. The molecule has 0 saturated heterocycles. The standard InChI is InChI=1S/C7H12N2O3/c8-4-1-3(7(11)12)2-5(10)6(4)9/h2,4-6,10H,1,8-9H2,(H,11,12)/t4-,5+,6+/m0/s1. The first-order valence-corrected chi connectivity index (χ1v) is 3.65. The number of aliphatic hydroxyl groups is 1. The summed E-state index contributed by atoms with van der Waals surface area (Å²) in [5.41, 5.74) is 11.1. The highest BCUT2D eigenvalue weighted by Gasteiger charge is 2.28. The molecular formula is C7H12N2O3. The lowest BCUT2D eigenvalue weighted by Gasteiger charge is -2.27. The summed E-state index contributed by atoms with van der Waals surface area (Å²) in [5, 5.41) is 17.8. The van der Waals surface area contributed by atoms with Crippen molar-refractivity contribution in [1.82, 2.24) is 0 Å². The molecule has 0 saturated carbocycles. The van der Waals surface area contributed by atoms with Crippen LogP contribution in [0.5, 0.6) is 0 Å². The van der Waals surface area contributed by atoms with E-state index in [1.165, 1.54) is 6.08 Å². The van der Waals surface area contributed by atoms with Crippen LogP contribution < -0.4 is 11.5 Å². The van der Waals surface area contributed by atoms with E-state index in [1.807, 2.05) is 0 Å². The van der Waals surface area contributed by atoms with Gasteiger partial charge in [0.2, 0.25) is 0 Å². The van der Waals surface area contributed by atoms with Gasteiger partial charge in [-0.3, -0.25) is 0 Å². The fourth-order valence-corrected chi connectivity index (χ4v) is 1.19. The zero-order valence-electron chi connectivity index (χ0n) is 6.47. The Morgan fingerprint density at radius 3 is 2.58 bits per heavy atom. The molecule has 1 rings (SSSR count). The van der Waals surface area contributed by atoms with Crippen LogP contribution in [0.4, 0.5) is 0 Å². The van der Waals surface area contributed by atoms with Gasteiger partial charge in [0.15, 0.2) is 0 Å². The maximum atomic E-state index is 10.5. The Kier molecular flexibility index (Phi) is 2.46. The number of aliphatic carboxylic acids is 1. The van der Waals surface area contributed by atoms with Gasteiger partial charge in [-0.2, -0.15) is 0 Å². The fraction of sp³-hybridized carbons (Fsp3) is 0.571. The topological polar surface area (TPSA) is 110 Å². The van der Waals surface area contributed by atoms with E-state index in [-0.39, 0.29) is 12.0 Å². The van der Waals surface area contributed by atoms with Crippen LogP contribution >= 0.6 is 0 Å². The lowest BCUT2D eigenvalue weighted by atomic mass is 9.89. The maximum Gasteiger partial charge on any atom is 0.331 e. The predicted octanol–water partition coefficient (Wildman–Crippen LogP) is -1.58. The third kappa shape index (κ3) is 1.63. The Labute approximate surface area is 69.7 Å². The molecule has 0 radical (unpaired) electrons. The Morgan fingerprint density at radius 1 is 1.58 bits per heavy atom. The molecule has 0 amide bonds. The van der Waals surface area contributed by atoms with Crippen molar-refractivity contribution in [3.8, 4) is 0 Å². The molecule has 0 aromatic carbocycles. The largest absolute Gasteiger partial charge is 0.478 e. The third-order valence-corrected chi connectivity index (χ3v) is 1.99. The number of carbonyl (C=O) groups is 1. The fourth-order valence-electron chi connectivity index (χ4n) is 1.19. The molecule has 0 aromatic rings. The monoisotopic (exact) mass is 172 g/mol. The molecule has 3 atom stereocenters. The summed E-state index contributed by atoms with van der Waals surface area (Å²) >= 11 is 0. The van der Waals surface area contributed by atoms with E-state index in [9.17, 15) is 9.90 Å². The second-order valence-corrected chi connectivity index (χ2v) is 2.93. The second-order valence-electron chi connectivity index (χ2n) is 2.93. The molecule has 1 aliphatic rings. The van der Waals surface area contributed by atoms with Gasteiger partial charge in [-0.25, -0.2) is 4.79 Å². The van der Waals surface area contributed by atoms with Gasteiger partial charge in [0.25, 0.3) is 0 Å². The van der Waals surface area contributed by atoms with E-state index in [4.69, 9.17) is 16.6 Å². The van der Waals surface area contributed by atoms with Gasteiger partial charge in [0, 0.05) is 17.7 Å². The number of carboxylic acids is 1. The Morgan fingerprint density at radius 2 is 2.17 bits per heavy atom. The minimum atomic E-state index is -1.04. The van der Waals surface area contributed by atoms with Crippen molar-refractivity contribution in [1.29, 1.82) is 0 Å². The van der Waals surface area contributed by atoms with E-state index < -0.39 is 24.2 Å². The van der Waals surface area contributed by atoms with Crippen LogP contribution in [-0.2, 0) is 4.79 Å². The average Bonchev–Trinajstić information content (AvgIpc) is 1.99. The minimum Gasteiger partial charge on any atom is -0.478 e. The average molecular weight is 172 g/mol. The zero-order chi connectivity index (χ0) is 9.30. The minimum absolute atomic E-state index is 0.136. The summed E-state index contributed by atoms with van der Waals surface area (Å²) in [4.78, 5) is 10.5. The van der Waals surface area contributed by atoms with Gasteiger partial charge in [-0.15, -0.1) is 0 Å². The number of aliphatic hydroxyl groups excluding tert-OH is 1. The van der Waals surface area contributed by atoms with Gasteiger partial charge < -0.3 is 21.7 Å². The lowest BCUT2D eigenvalue weighted by Crippen LogP contribution is -2.51. The summed E-state index contributed by atoms with van der Waals surface area (Å²) in [7, 11) is 0. The van der Waals surface area contributed by atoms with Gasteiger partial charge >= 0.3 is 5.97 Å². The molecule has 0 aromatic heterocycles. The summed E-state index contributed by atoms with van der Waals surface area (Å²) in [6.45, 7) is 0. The molecule has 0 spiro atoms. The number of carboxylic acid groups (broad SMARTS) is 1. The lowest BCUT2D eigenvalue weighted by molar-refractivity contribution is -0.133. The second kappa shape index (κ2) is 3.22. The smallest absolute Gasteiger partial charge is 0.331 e. The Bertz CT molecular complexity index is 227. The normalized spacial score (nSPS) is 35.9. The van der Waals surface area contributed by atoms with Crippen LogP contribution in [0.3, 0.4) is 0 Å². The van der Waals surface area contributed by atoms with Gasteiger partial charge in [0.1, 0.15) is 0 Å². The van der Waals surface area contributed by atoms with Crippen molar-refractivity contribution in [3.05, 3.63) is 11.6 Å². The molecule has 6 N–H and O–H groups in total. The molecule has 5 nitrogen and oxygen atoms in total. The Balaban J connectivity index is 2.81. The van der Waals surface area contributed by atoms with E-state index in [1.54, 1.807) is 0 Å². The quantitative estimate of drug-likeness (QED) is 0.381. The van der Waals surface area contributed by atoms with Crippen LogP contribution in [0.1, 0.15) is 6.42 Å². The first-order valence-electron chi connectivity index (χ1n) is 3.65. The van der Waals surface area contributed by atoms with Gasteiger partial charge in [0.05, 0.1) is 6.10 Å². The summed E-state index contributed by atoms with van der Waals surface area (Å²) in [6.07, 6.45) is 0.518.